The molecule has 0 fully saturated rings. The van der Waals surface area contributed by atoms with E-state index in [1.807, 2.05) is 18.8 Å². The van der Waals surface area contributed by atoms with Crippen LogP contribution in [-0.4, -0.2) is 12.0 Å². The molecule has 0 bridgehead atoms. The number of benzene rings is 1. The summed E-state index contributed by atoms with van der Waals surface area (Å²) < 4.78 is 1.27. The van der Waals surface area contributed by atoms with Crippen molar-refractivity contribution < 1.29 is 0 Å². The van der Waals surface area contributed by atoms with Crippen LogP contribution in [-0.2, 0) is 6.42 Å². The molecule has 1 aromatic carbocycles. The number of likely N-dealkylation sites (N-methyl/N-ethyl adjacent to an activating group) is 1. The summed E-state index contributed by atoms with van der Waals surface area (Å²) in [6.45, 7) is 0. The minimum atomic E-state index is 0.373. The van der Waals surface area contributed by atoms with Gasteiger partial charge in [-0.25, -0.2) is 0 Å². The SMILES string of the molecule is CNC(Cc1cncs1)c1ccc(I)cc1. The van der Waals surface area contributed by atoms with Gasteiger partial charge in [-0.15, -0.1) is 11.3 Å². The molecule has 2 rings (SSSR count). The van der Waals surface area contributed by atoms with Gasteiger partial charge in [0.15, 0.2) is 0 Å². The van der Waals surface area contributed by atoms with E-state index in [2.05, 4.69) is 57.2 Å². The van der Waals surface area contributed by atoms with E-state index >= 15 is 0 Å². The molecule has 0 amide bonds. The van der Waals surface area contributed by atoms with Crippen LogP contribution in [0, 0.1) is 3.57 Å². The van der Waals surface area contributed by atoms with Gasteiger partial charge in [0.2, 0.25) is 0 Å². The summed E-state index contributed by atoms with van der Waals surface area (Å²) in [6.07, 6.45) is 2.95. The number of thiazole rings is 1. The van der Waals surface area contributed by atoms with Crippen molar-refractivity contribution >= 4 is 33.9 Å². The van der Waals surface area contributed by atoms with Crippen molar-refractivity contribution in [2.45, 2.75) is 12.5 Å². The minimum Gasteiger partial charge on any atom is -0.313 e. The molecule has 1 atom stereocenters. The molecule has 1 unspecified atom stereocenters. The van der Waals surface area contributed by atoms with Crippen molar-refractivity contribution in [3.63, 3.8) is 0 Å². The topological polar surface area (TPSA) is 24.9 Å². The Labute approximate surface area is 113 Å². The quantitative estimate of drug-likeness (QED) is 0.862. The largest absolute Gasteiger partial charge is 0.313 e. The zero-order valence-electron chi connectivity index (χ0n) is 8.98. The van der Waals surface area contributed by atoms with Crippen LogP contribution in [0.1, 0.15) is 16.5 Å². The maximum Gasteiger partial charge on any atom is 0.0794 e. The molecule has 2 aromatic rings. The van der Waals surface area contributed by atoms with Crippen molar-refractivity contribution in [2.24, 2.45) is 0 Å². The normalized spacial score (nSPS) is 12.6. The number of nitrogens with zero attached hydrogens (tertiary/aromatic N) is 1. The summed E-state index contributed by atoms with van der Waals surface area (Å²) in [5.74, 6) is 0. The average Bonchev–Trinajstić information content (AvgIpc) is 2.80. The fraction of sp³-hybridized carbons (Fsp3) is 0.250. The van der Waals surface area contributed by atoms with Gasteiger partial charge in [0.1, 0.15) is 0 Å². The molecule has 0 saturated heterocycles. The molecule has 0 saturated carbocycles. The molecular weight excluding hydrogens is 331 g/mol. The Morgan fingerprint density at radius 2 is 2.12 bits per heavy atom. The maximum absolute atomic E-state index is 4.11. The van der Waals surface area contributed by atoms with Crippen LogP contribution >= 0.6 is 33.9 Å². The van der Waals surface area contributed by atoms with Gasteiger partial charge in [-0.3, -0.25) is 4.98 Å². The van der Waals surface area contributed by atoms with Gasteiger partial charge in [-0.1, -0.05) is 12.1 Å². The molecule has 1 N–H and O–H groups in total. The number of hydrogen-bond donors (Lipinski definition) is 1. The Morgan fingerprint density at radius 3 is 2.69 bits per heavy atom. The Balaban J connectivity index is 2.13. The third-order valence-corrected chi connectivity index (χ3v) is 4.03. The molecule has 2 nitrogen and oxygen atoms in total. The highest BCUT2D eigenvalue weighted by atomic mass is 127. The van der Waals surface area contributed by atoms with E-state index in [-0.39, 0.29) is 0 Å². The highest BCUT2D eigenvalue weighted by Gasteiger charge is 2.10. The first-order valence-electron chi connectivity index (χ1n) is 5.09. The van der Waals surface area contributed by atoms with Crippen LogP contribution in [0.4, 0.5) is 0 Å². The van der Waals surface area contributed by atoms with Gasteiger partial charge in [0.25, 0.3) is 0 Å². The van der Waals surface area contributed by atoms with E-state index in [0.29, 0.717) is 6.04 Å². The molecule has 84 valence electrons. The first kappa shape index (κ1) is 12.0. The Kier molecular flexibility index (Phi) is 4.31. The lowest BCUT2D eigenvalue weighted by molar-refractivity contribution is 0.596. The predicted octanol–water partition coefficient (Wildman–Crippen LogP) is 3.25. The van der Waals surface area contributed by atoms with E-state index in [1.165, 1.54) is 14.0 Å². The van der Waals surface area contributed by atoms with Crippen LogP contribution in [0.3, 0.4) is 0 Å². The molecule has 0 radical (unpaired) electrons. The van der Waals surface area contributed by atoms with Crippen LogP contribution < -0.4 is 5.32 Å². The second-order valence-corrected chi connectivity index (χ2v) is 5.78. The highest BCUT2D eigenvalue weighted by Crippen LogP contribution is 2.20. The van der Waals surface area contributed by atoms with E-state index in [1.54, 1.807) is 11.3 Å². The molecule has 0 spiro atoms. The molecular formula is C12H13IN2S. The molecule has 4 heteroatoms. The van der Waals surface area contributed by atoms with Gasteiger partial charge < -0.3 is 5.32 Å². The van der Waals surface area contributed by atoms with Gasteiger partial charge in [-0.2, -0.15) is 0 Å². The van der Waals surface area contributed by atoms with Crippen molar-refractivity contribution in [3.05, 3.63) is 50.0 Å². The van der Waals surface area contributed by atoms with Gasteiger partial charge in [-0.05, 0) is 47.3 Å². The van der Waals surface area contributed by atoms with Crippen molar-refractivity contribution in [3.8, 4) is 0 Å². The lowest BCUT2D eigenvalue weighted by atomic mass is 10.0. The molecule has 0 aliphatic heterocycles. The number of nitrogens with one attached hydrogen (secondary N) is 1. The van der Waals surface area contributed by atoms with Crippen molar-refractivity contribution in [1.29, 1.82) is 0 Å². The Hall–Kier alpha value is -0.460. The average molecular weight is 344 g/mol. The number of hydrogen-bond acceptors (Lipinski definition) is 3. The predicted molar refractivity (Wildman–Crippen MR) is 76.8 cm³/mol. The summed E-state index contributed by atoms with van der Waals surface area (Å²) in [5, 5.41) is 3.35. The molecule has 1 heterocycles. The van der Waals surface area contributed by atoms with Gasteiger partial charge in [0, 0.05) is 27.1 Å². The fourth-order valence-corrected chi connectivity index (χ4v) is 2.63. The second-order valence-electron chi connectivity index (χ2n) is 3.56. The summed E-state index contributed by atoms with van der Waals surface area (Å²) in [5.41, 5.74) is 3.21. The van der Waals surface area contributed by atoms with E-state index in [0.717, 1.165) is 6.42 Å². The molecule has 1 aromatic heterocycles. The van der Waals surface area contributed by atoms with Crippen LogP contribution in [0.25, 0.3) is 0 Å². The summed E-state index contributed by atoms with van der Waals surface area (Å²) >= 11 is 4.04. The zero-order chi connectivity index (χ0) is 11.4. The number of rotatable bonds is 4. The van der Waals surface area contributed by atoms with Crippen LogP contribution in [0.5, 0.6) is 0 Å². The Morgan fingerprint density at radius 1 is 1.38 bits per heavy atom. The van der Waals surface area contributed by atoms with E-state index < -0.39 is 0 Å². The summed E-state index contributed by atoms with van der Waals surface area (Å²) in [4.78, 5) is 5.42. The smallest absolute Gasteiger partial charge is 0.0794 e. The van der Waals surface area contributed by atoms with E-state index in [9.17, 15) is 0 Å². The summed E-state index contributed by atoms with van der Waals surface area (Å²) in [7, 11) is 2.00. The summed E-state index contributed by atoms with van der Waals surface area (Å²) in [6, 6.07) is 9.03. The van der Waals surface area contributed by atoms with Crippen LogP contribution in [0.2, 0.25) is 0 Å². The van der Waals surface area contributed by atoms with Crippen molar-refractivity contribution in [1.82, 2.24) is 10.3 Å². The fourth-order valence-electron chi connectivity index (χ4n) is 1.63. The first-order chi connectivity index (χ1) is 7.79. The van der Waals surface area contributed by atoms with Gasteiger partial charge >= 0.3 is 0 Å². The first-order valence-corrected chi connectivity index (χ1v) is 7.05. The second kappa shape index (κ2) is 5.75. The minimum absolute atomic E-state index is 0.373. The van der Waals surface area contributed by atoms with Crippen LogP contribution in [0.15, 0.2) is 36.0 Å². The third-order valence-electron chi connectivity index (χ3n) is 2.51. The lowest BCUT2D eigenvalue weighted by Gasteiger charge is -2.15. The van der Waals surface area contributed by atoms with Gasteiger partial charge in [0.05, 0.1) is 5.51 Å². The molecule has 16 heavy (non-hydrogen) atoms. The highest BCUT2D eigenvalue weighted by molar-refractivity contribution is 14.1. The molecule has 0 aliphatic rings. The van der Waals surface area contributed by atoms with E-state index in [4.69, 9.17) is 0 Å². The third kappa shape index (κ3) is 3.02. The zero-order valence-corrected chi connectivity index (χ0v) is 12.0. The standard InChI is InChI=1S/C12H13IN2S/c1-14-12(6-11-7-15-8-16-11)9-2-4-10(13)5-3-9/h2-5,7-8,12,14H,6H2,1H3. The monoisotopic (exact) mass is 344 g/mol. The van der Waals surface area contributed by atoms with Crippen molar-refractivity contribution in [2.75, 3.05) is 7.05 Å². The maximum atomic E-state index is 4.11. The number of halogens is 1. The lowest BCUT2D eigenvalue weighted by Crippen LogP contribution is -2.18. The molecule has 0 aliphatic carbocycles. The Bertz CT molecular complexity index is 425. The number of aromatic nitrogens is 1.